The molecule has 0 atom stereocenters. The lowest BCUT2D eigenvalue weighted by atomic mass is 9.76. The van der Waals surface area contributed by atoms with Crippen molar-refractivity contribution in [3.8, 4) is 0 Å². The van der Waals surface area contributed by atoms with Gasteiger partial charge in [0, 0.05) is 5.69 Å². The summed E-state index contributed by atoms with van der Waals surface area (Å²) >= 11 is 0. The third-order valence-corrected chi connectivity index (χ3v) is 4.52. The Morgan fingerprint density at radius 1 is 1.30 bits per heavy atom. The molecule has 1 aliphatic heterocycles. The van der Waals surface area contributed by atoms with Crippen LogP contribution in [0.4, 0.5) is 5.69 Å². The minimum Gasteiger partial charge on any atom is -0.330 e. The van der Waals surface area contributed by atoms with Crippen LogP contribution in [-0.2, 0) is 4.79 Å². The van der Waals surface area contributed by atoms with Crippen LogP contribution in [0, 0.1) is 5.41 Å². The number of para-hydroxylation sites is 1. The van der Waals surface area contributed by atoms with E-state index in [1.54, 1.807) is 0 Å². The molecule has 0 bridgehead atoms. The van der Waals surface area contributed by atoms with Crippen LogP contribution in [0.15, 0.2) is 30.3 Å². The number of hydrogen-bond acceptors (Lipinski definition) is 3. The number of nitrogens with two attached hydrogens (primary N) is 1. The van der Waals surface area contributed by atoms with Crippen LogP contribution in [0.3, 0.4) is 0 Å². The van der Waals surface area contributed by atoms with Crippen molar-refractivity contribution in [3.05, 3.63) is 30.3 Å². The molecule has 1 aromatic carbocycles. The summed E-state index contributed by atoms with van der Waals surface area (Å²) in [6.45, 7) is 5.37. The molecule has 110 valence electrons. The predicted molar refractivity (Wildman–Crippen MR) is 82.5 cm³/mol. The number of piperidine rings is 1. The Labute approximate surface area is 121 Å². The van der Waals surface area contributed by atoms with Crippen molar-refractivity contribution in [2.24, 2.45) is 11.1 Å². The van der Waals surface area contributed by atoms with Gasteiger partial charge in [-0.2, -0.15) is 0 Å². The number of anilines is 1. The molecule has 0 unspecified atom stereocenters. The summed E-state index contributed by atoms with van der Waals surface area (Å²) in [5, 5.41) is 2.93. The summed E-state index contributed by atoms with van der Waals surface area (Å²) in [6.07, 6.45) is 3.32. The molecule has 0 radical (unpaired) electrons. The monoisotopic (exact) mass is 275 g/mol. The number of rotatable bonds is 5. The van der Waals surface area contributed by atoms with Crippen LogP contribution in [0.25, 0.3) is 0 Å². The van der Waals surface area contributed by atoms with Crippen LogP contribution in [-0.4, -0.2) is 37.0 Å². The van der Waals surface area contributed by atoms with Gasteiger partial charge in [0.15, 0.2) is 0 Å². The van der Waals surface area contributed by atoms with Gasteiger partial charge in [0.05, 0.1) is 6.54 Å². The highest BCUT2D eigenvalue weighted by molar-refractivity contribution is 5.92. The Kier molecular flexibility index (Phi) is 5.15. The first-order valence-corrected chi connectivity index (χ1v) is 7.45. The number of likely N-dealkylation sites (tertiary alicyclic amines) is 1. The number of carbonyl (C=O) groups excluding carboxylic acids is 1. The minimum atomic E-state index is 0.0629. The molecule has 0 aliphatic carbocycles. The summed E-state index contributed by atoms with van der Waals surface area (Å²) in [4.78, 5) is 14.2. The van der Waals surface area contributed by atoms with Crippen LogP contribution in [0.2, 0.25) is 0 Å². The molecular formula is C16H25N3O. The van der Waals surface area contributed by atoms with Gasteiger partial charge in [-0.1, -0.05) is 25.1 Å². The first-order valence-electron chi connectivity index (χ1n) is 7.45. The van der Waals surface area contributed by atoms with Gasteiger partial charge < -0.3 is 11.1 Å². The van der Waals surface area contributed by atoms with Crippen LogP contribution >= 0.6 is 0 Å². The SMILES string of the molecule is CCC1(CN)CCN(CC(=O)Nc2ccccc2)CC1. The van der Waals surface area contributed by atoms with E-state index in [9.17, 15) is 4.79 Å². The highest BCUT2D eigenvalue weighted by atomic mass is 16.2. The van der Waals surface area contributed by atoms with Gasteiger partial charge >= 0.3 is 0 Å². The molecule has 20 heavy (non-hydrogen) atoms. The molecule has 1 heterocycles. The molecule has 1 amide bonds. The summed E-state index contributed by atoms with van der Waals surface area (Å²) in [7, 11) is 0. The van der Waals surface area contributed by atoms with Crippen LogP contribution in [0.1, 0.15) is 26.2 Å². The summed E-state index contributed by atoms with van der Waals surface area (Å²) in [5.74, 6) is 0.0629. The molecule has 1 fully saturated rings. The van der Waals surface area contributed by atoms with Gasteiger partial charge in [0.2, 0.25) is 5.91 Å². The van der Waals surface area contributed by atoms with Crippen molar-refractivity contribution < 1.29 is 4.79 Å². The second-order valence-corrected chi connectivity index (χ2v) is 5.75. The van der Waals surface area contributed by atoms with Crippen LogP contribution < -0.4 is 11.1 Å². The summed E-state index contributed by atoms with van der Waals surface area (Å²) in [6, 6.07) is 9.60. The van der Waals surface area contributed by atoms with E-state index in [0.29, 0.717) is 12.0 Å². The maximum absolute atomic E-state index is 12.0. The van der Waals surface area contributed by atoms with E-state index in [4.69, 9.17) is 5.73 Å². The topological polar surface area (TPSA) is 58.4 Å². The average Bonchev–Trinajstić information content (AvgIpc) is 2.49. The second-order valence-electron chi connectivity index (χ2n) is 5.75. The number of carbonyl (C=O) groups is 1. The Hall–Kier alpha value is -1.39. The van der Waals surface area contributed by atoms with E-state index in [0.717, 1.165) is 44.6 Å². The fourth-order valence-electron chi connectivity index (χ4n) is 2.81. The fraction of sp³-hybridized carbons (Fsp3) is 0.562. The maximum Gasteiger partial charge on any atom is 0.238 e. The molecule has 4 nitrogen and oxygen atoms in total. The van der Waals surface area contributed by atoms with E-state index in [1.807, 2.05) is 30.3 Å². The smallest absolute Gasteiger partial charge is 0.238 e. The normalized spacial score (nSPS) is 18.7. The van der Waals surface area contributed by atoms with Crippen LogP contribution in [0.5, 0.6) is 0 Å². The van der Waals surface area contributed by atoms with Crippen molar-refractivity contribution >= 4 is 11.6 Å². The Morgan fingerprint density at radius 2 is 1.95 bits per heavy atom. The Balaban J connectivity index is 1.79. The summed E-state index contributed by atoms with van der Waals surface area (Å²) < 4.78 is 0. The number of nitrogens with one attached hydrogen (secondary N) is 1. The number of nitrogens with zero attached hydrogens (tertiary/aromatic N) is 1. The van der Waals surface area contributed by atoms with E-state index in [1.165, 1.54) is 0 Å². The predicted octanol–water partition coefficient (Wildman–Crippen LogP) is 2.08. The highest BCUT2D eigenvalue weighted by Crippen LogP contribution is 2.33. The molecule has 0 aromatic heterocycles. The lowest BCUT2D eigenvalue weighted by Gasteiger charge is -2.40. The molecule has 2 rings (SSSR count). The zero-order chi connectivity index (χ0) is 14.4. The van der Waals surface area contributed by atoms with Crippen molar-refractivity contribution in [2.45, 2.75) is 26.2 Å². The molecule has 1 aliphatic rings. The standard InChI is InChI=1S/C16H25N3O/c1-2-16(13-17)8-10-19(11-9-16)12-15(20)18-14-6-4-3-5-7-14/h3-7H,2,8-13,17H2,1H3,(H,18,20). The van der Waals surface area contributed by atoms with E-state index in [-0.39, 0.29) is 5.91 Å². The largest absolute Gasteiger partial charge is 0.330 e. The molecule has 4 heteroatoms. The molecule has 3 N–H and O–H groups in total. The van der Waals surface area contributed by atoms with E-state index >= 15 is 0 Å². The van der Waals surface area contributed by atoms with Gasteiger partial charge in [-0.05, 0) is 56.4 Å². The Morgan fingerprint density at radius 3 is 2.50 bits per heavy atom. The average molecular weight is 275 g/mol. The molecule has 1 saturated heterocycles. The van der Waals surface area contributed by atoms with Gasteiger partial charge in [-0.15, -0.1) is 0 Å². The second kappa shape index (κ2) is 6.86. The molecule has 0 spiro atoms. The zero-order valence-electron chi connectivity index (χ0n) is 12.3. The van der Waals surface area contributed by atoms with Gasteiger partial charge in [-0.25, -0.2) is 0 Å². The fourth-order valence-corrected chi connectivity index (χ4v) is 2.81. The van der Waals surface area contributed by atoms with Crippen molar-refractivity contribution in [3.63, 3.8) is 0 Å². The first kappa shape index (κ1) is 15.0. The number of hydrogen-bond donors (Lipinski definition) is 2. The lowest BCUT2D eigenvalue weighted by Crippen LogP contribution is -2.45. The maximum atomic E-state index is 12.0. The lowest BCUT2D eigenvalue weighted by molar-refractivity contribution is -0.117. The van der Waals surface area contributed by atoms with E-state index in [2.05, 4.69) is 17.1 Å². The van der Waals surface area contributed by atoms with E-state index < -0.39 is 0 Å². The van der Waals surface area contributed by atoms with Crippen molar-refractivity contribution in [1.29, 1.82) is 0 Å². The summed E-state index contributed by atoms with van der Waals surface area (Å²) in [5.41, 5.74) is 7.06. The molecule has 0 saturated carbocycles. The van der Waals surface area contributed by atoms with Crippen molar-refractivity contribution in [2.75, 3.05) is 31.5 Å². The molecular weight excluding hydrogens is 250 g/mol. The number of benzene rings is 1. The first-order chi connectivity index (χ1) is 9.67. The quantitative estimate of drug-likeness (QED) is 0.865. The highest BCUT2D eigenvalue weighted by Gasteiger charge is 2.31. The number of amides is 1. The van der Waals surface area contributed by atoms with Gasteiger partial charge in [0.25, 0.3) is 0 Å². The van der Waals surface area contributed by atoms with Gasteiger partial charge in [0.1, 0.15) is 0 Å². The Bertz CT molecular complexity index is 419. The minimum absolute atomic E-state index is 0.0629. The third kappa shape index (κ3) is 3.81. The van der Waals surface area contributed by atoms with Gasteiger partial charge in [-0.3, -0.25) is 9.69 Å². The molecule has 1 aromatic rings. The van der Waals surface area contributed by atoms with Crippen molar-refractivity contribution in [1.82, 2.24) is 4.90 Å². The third-order valence-electron chi connectivity index (χ3n) is 4.52. The zero-order valence-corrected chi connectivity index (χ0v) is 12.3.